The van der Waals surface area contributed by atoms with E-state index in [1.165, 1.54) is 17.7 Å². The number of hydrogen-bond acceptors (Lipinski definition) is 9. The van der Waals surface area contributed by atoms with E-state index in [-0.39, 0.29) is 30.7 Å². The molecule has 2 atom stereocenters. The lowest BCUT2D eigenvalue weighted by atomic mass is 9.97. The van der Waals surface area contributed by atoms with Crippen LogP contribution in [0.3, 0.4) is 0 Å². The van der Waals surface area contributed by atoms with Gasteiger partial charge >= 0.3 is 5.97 Å². The summed E-state index contributed by atoms with van der Waals surface area (Å²) in [4.78, 5) is 45.4. The fourth-order valence-electron chi connectivity index (χ4n) is 6.06. The van der Waals surface area contributed by atoms with E-state index in [1.807, 2.05) is 48.5 Å². The molecule has 2 aromatic carbocycles. The van der Waals surface area contributed by atoms with Gasteiger partial charge in [0.15, 0.2) is 0 Å². The molecule has 5 aromatic rings. The maximum Gasteiger partial charge on any atom is 0.323 e. The molecule has 0 unspecified atom stereocenters. The van der Waals surface area contributed by atoms with Crippen molar-refractivity contribution in [2.24, 2.45) is 0 Å². The van der Waals surface area contributed by atoms with Crippen LogP contribution in [0.25, 0.3) is 39.2 Å². The van der Waals surface area contributed by atoms with Gasteiger partial charge in [0.2, 0.25) is 11.8 Å². The van der Waals surface area contributed by atoms with Crippen molar-refractivity contribution < 1.29 is 24.2 Å². The molecule has 14 heteroatoms. The minimum absolute atomic E-state index is 0.0105. The first kappa shape index (κ1) is 36.0. The third kappa shape index (κ3) is 7.90. The molecule has 12 nitrogen and oxygen atoms in total. The number of nitrogens with zero attached hydrogens (tertiary/aromatic N) is 3. The van der Waals surface area contributed by atoms with Crippen molar-refractivity contribution in [2.45, 2.75) is 38.0 Å². The Morgan fingerprint density at radius 1 is 1.00 bits per heavy atom. The average molecular weight is 732 g/mol. The number of pyridine rings is 2. The summed E-state index contributed by atoms with van der Waals surface area (Å²) in [6, 6.07) is 17.9. The lowest BCUT2D eigenvalue weighted by Crippen LogP contribution is -2.41. The van der Waals surface area contributed by atoms with Gasteiger partial charge in [0.1, 0.15) is 11.7 Å². The number of aromatic nitrogens is 3. The Hall–Kier alpha value is -4.85. The first-order valence-electron chi connectivity index (χ1n) is 16.3. The minimum atomic E-state index is -1.08. The van der Waals surface area contributed by atoms with Crippen molar-refractivity contribution in [2.75, 3.05) is 27.4 Å². The molecule has 0 radical (unpaired) electrons. The summed E-state index contributed by atoms with van der Waals surface area (Å²) in [6.07, 6.45) is 4.43. The Morgan fingerprint density at radius 3 is 2.41 bits per heavy atom. The zero-order valence-corrected chi connectivity index (χ0v) is 29.4. The quantitative estimate of drug-likeness (QED) is 0.123. The maximum absolute atomic E-state index is 13.2. The zero-order valence-electron chi connectivity index (χ0n) is 27.9. The molecule has 51 heavy (non-hydrogen) atoms. The molecule has 1 fully saturated rings. The second-order valence-electron chi connectivity index (χ2n) is 12.1. The molecule has 4 N–H and O–H groups in total. The van der Waals surface area contributed by atoms with E-state index in [4.69, 9.17) is 37.7 Å². The van der Waals surface area contributed by atoms with Crippen molar-refractivity contribution in [3.05, 3.63) is 105 Å². The lowest BCUT2D eigenvalue weighted by Gasteiger charge is -2.16. The zero-order chi connectivity index (χ0) is 36.1. The highest BCUT2D eigenvalue weighted by molar-refractivity contribution is 6.39. The fraction of sp³-hybridized carbons (Fsp3) is 0.270. The van der Waals surface area contributed by atoms with Gasteiger partial charge < -0.3 is 25.2 Å². The van der Waals surface area contributed by atoms with Crippen molar-refractivity contribution in [3.63, 3.8) is 0 Å². The molecular formula is C37H36Cl2N6O6. The van der Waals surface area contributed by atoms with Crippen LogP contribution in [0.5, 0.6) is 5.88 Å². The summed E-state index contributed by atoms with van der Waals surface area (Å²) in [6.45, 7) is 1.15. The van der Waals surface area contributed by atoms with Gasteiger partial charge in [0.05, 0.1) is 35.0 Å². The molecule has 1 aliphatic rings. The Morgan fingerprint density at radius 2 is 1.73 bits per heavy atom. The number of carbonyl (C=O) groups is 2. The molecule has 1 amide bonds. The number of carboxylic acid groups (broad SMARTS) is 1. The second-order valence-corrected chi connectivity index (χ2v) is 12.8. The van der Waals surface area contributed by atoms with E-state index in [1.54, 1.807) is 25.4 Å². The van der Waals surface area contributed by atoms with Crippen LogP contribution in [-0.2, 0) is 27.4 Å². The van der Waals surface area contributed by atoms with E-state index >= 15 is 0 Å². The van der Waals surface area contributed by atoms with E-state index < -0.39 is 12.0 Å². The number of carbonyl (C=O) groups excluding carboxylic acids is 1. The smallest absolute Gasteiger partial charge is 0.323 e. The Kier molecular flexibility index (Phi) is 11.3. The molecule has 0 saturated carbocycles. The molecule has 6 rings (SSSR count). The number of rotatable bonds is 14. The summed E-state index contributed by atoms with van der Waals surface area (Å²) in [7, 11) is 2.98. The van der Waals surface area contributed by atoms with Gasteiger partial charge in [0.25, 0.3) is 5.56 Å². The molecule has 0 aliphatic carbocycles. The van der Waals surface area contributed by atoms with E-state index in [9.17, 15) is 19.5 Å². The maximum atomic E-state index is 13.2. The first-order chi connectivity index (χ1) is 24.7. The van der Waals surface area contributed by atoms with E-state index in [0.29, 0.717) is 69.0 Å². The number of fused-ring (bicyclic) bond motifs is 1. The molecular weight excluding hydrogens is 695 g/mol. The molecule has 4 heterocycles. The largest absolute Gasteiger partial charge is 0.481 e. The number of hydrogen-bond donors (Lipinski definition) is 4. The summed E-state index contributed by atoms with van der Waals surface area (Å²) in [5, 5.41) is 19.5. The summed E-state index contributed by atoms with van der Waals surface area (Å²) < 4.78 is 12.0. The molecule has 0 bridgehead atoms. The van der Waals surface area contributed by atoms with Crippen LogP contribution in [0.4, 0.5) is 0 Å². The van der Waals surface area contributed by atoms with Gasteiger partial charge in [-0.25, -0.2) is 9.97 Å². The first-order valence-corrected chi connectivity index (χ1v) is 17.0. The number of aliphatic carboxylic acids is 1. The number of ether oxygens (including phenoxy) is 2. The molecule has 3 aromatic heterocycles. The van der Waals surface area contributed by atoms with Crippen LogP contribution in [0, 0.1) is 0 Å². The minimum Gasteiger partial charge on any atom is -0.481 e. The van der Waals surface area contributed by atoms with Crippen LogP contribution < -0.4 is 26.2 Å². The third-order valence-corrected chi connectivity index (χ3v) is 9.56. The van der Waals surface area contributed by atoms with E-state index in [2.05, 4.69) is 20.9 Å². The number of nitrogens with one attached hydrogen (secondary N) is 3. The Labute approximate surface area is 303 Å². The SMILES string of the molecule is COC[C@H](NCc1cnc2cc(-c3cccc(-c4cccc(-c5ccc(CNC[C@H]6CCC(=O)N6)c(OC)n5)c4Cl)c3Cl)ccn2c1=O)C(=O)O. The second kappa shape index (κ2) is 16.0. The highest BCUT2D eigenvalue weighted by atomic mass is 35.5. The fourth-order valence-corrected chi connectivity index (χ4v) is 6.72. The van der Waals surface area contributed by atoms with Gasteiger partial charge in [-0.1, -0.05) is 65.7 Å². The molecule has 0 spiro atoms. The van der Waals surface area contributed by atoms with Crippen LogP contribution >= 0.6 is 23.2 Å². The predicted molar refractivity (Wildman–Crippen MR) is 195 cm³/mol. The van der Waals surface area contributed by atoms with Gasteiger partial charge in [-0.2, -0.15) is 0 Å². The van der Waals surface area contributed by atoms with Gasteiger partial charge in [-0.3, -0.25) is 24.1 Å². The molecule has 1 saturated heterocycles. The number of amides is 1. The molecule has 1 aliphatic heterocycles. The summed E-state index contributed by atoms with van der Waals surface area (Å²) >= 11 is 14.1. The Bertz CT molecular complexity index is 2160. The van der Waals surface area contributed by atoms with Crippen molar-refractivity contribution in [3.8, 4) is 39.4 Å². The van der Waals surface area contributed by atoms with Crippen LogP contribution in [0.15, 0.2) is 77.9 Å². The van der Waals surface area contributed by atoms with Crippen LogP contribution in [-0.4, -0.2) is 70.8 Å². The highest BCUT2D eigenvalue weighted by Crippen LogP contribution is 2.42. The standard InChI is InChI=1S/C37H36Cl2N6O6/c1-50-20-30(37(48)49)41-17-23-18-42-31-15-21(13-14-45(31)36(23)47)25-5-3-6-26(33(25)38)27-7-4-8-28(34(27)39)29-11-9-22(35(44-29)51-2)16-40-19-24-10-12-32(46)43-24/h3-9,11,13-15,18,24,30,40-41H,10,12,16-17,19-20H2,1-2H3,(H,43,46)(H,48,49)/t24-,30+/m1/s1. The van der Waals surface area contributed by atoms with Crippen LogP contribution in [0.1, 0.15) is 24.0 Å². The van der Waals surface area contributed by atoms with Crippen molar-refractivity contribution in [1.29, 1.82) is 0 Å². The third-order valence-electron chi connectivity index (χ3n) is 8.75. The normalized spacial score (nSPS) is 14.8. The summed E-state index contributed by atoms with van der Waals surface area (Å²) in [5.74, 6) is -0.523. The number of methoxy groups -OCH3 is 2. The number of halogens is 2. The van der Waals surface area contributed by atoms with Crippen LogP contribution in [0.2, 0.25) is 10.0 Å². The summed E-state index contributed by atoms with van der Waals surface area (Å²) in [5.41, 5.74) is 5.49. The predicted octanol–water partition coefficient (Wildman–Crippen LogP) is 4.96. The van der Waals surface area contributed by atoms with E-state index in [0.717, 1.165) is 23.1 Å². The lowest BCUT2D eigenvalue weighted by molar-refractivity contribution is -0.140. The van der Waals surface area contributed by atoms with Crippen molar-refractivity contribution in [1.82, 2.24) is 30.3 Å². The topological polar surface area (TPSA) is 156 Å². The van der Waals surface area contributed by atoms with Crippen molar-refractivity contribution >= 4 is 40.7 Å². The number of carboxylic acids is 1. The highest BCUT2D eigenvalue weighted by Gasteiger charge is 2.21. The van der Waals surface area contributed by atoms with Gasteiger partial charge in [0, 0.05) is 79.4 Å². The van der Waals surface area contributed by atoms with Gasteiger partial charge in [-0.15, -0.1) is 0 Å². The number of benzene rings is 2. The van der Waals surface area contributed by atoms with Gasteiger partial charge in [-0.05, 0) is 30.2 Å². The monoisotopic (exact) mass is 730 g/mol. The molecule has 264 valence electrons. The Balaban J connectivity index is 1.24. The average Bonchev–Trinajstić information content (AvgIpc) is 3.55.